The zero-order valence-corrected chi connectivity index (χ0v) is 17.0. The quantitative estimate of drug-likeness (QED) is 0.517. The fourth-order valence-electron chi connectivity index (χ4n) is 3.45. The molecule has 146 valence electrons. The number of piperazine rings is 1. The van der Waals surface area contributed by atoms with E-state index in [1.165, 1.54) is 0 Å². The molecule has 0 aliphatic carbocycles. The zero-order valence-electron chi connectivity index (χ0n) is 16.2. The Morgan fingerprint density at radius 3 is 2.73 bits per heavy atom. The van der Waals surface area contributed by atoms with Crippen LogP contribution >= 0.6 is 11.6 Å². The van der Waals surface area contributed by atoms with Crippen LogP contribution in [0.15, 0.2) is 77.8 Å². The van der Waals surface area contributed by atoms with Gasteiger partial charge in [0.2, 0.25) is 0 Å². The molecule has 1 amide bonds. The lowest BCUT2D eigenvalue weighted by Gasteiger charge is -2.36. The average molecular weight is 412 g/mol. The molecule has 2 aromatic rings. The molecule has 2 aliphatic heterocycles. The number of amides is 1. The van der Waals surface area contributed by atoms with Crippen molar-refractivity contribution in [1.29, 1.82) is 5.26 Å². The van der Waals surface area contributed by atoms with Gasteiger partial charge < -0.3 is 9.80 Å². The fourth-order valence-corrected chi connectivity index (χ4v) is 3.64. The third-order valence-electron chi connectivity index (χ3n) is 4.93. The van der Waals surface area contributed by atoms with Crippen LogP contribution in [0.3, 0.4) is 0 Å². The zero-order chi connectivity index (χ0) is 20.9. The van der Waals surface area contributed by atoms with Gasteiger partial charge in [0.15, 0.2) is 0 Å². The minimum Gasteiger partial charge on any atom is -0.330 e. The summed E-state index contributed by atoms with van der Waals surface area (Å²) in [4.78, 5) is 16.8. The average Bonchev–Trinajstić information content (AvgIpc) is 2.99. The second kappa shape index (κ2) is 8.76. The monoisotopic (exact) mass is 411 g/mol. The maximum Gasteiger partial charge on any atom is 0.254 e. The topological polar surface area (TPSA) is 47.3 Å². The molecule has 5 heteroatoms. The lowest BCUT2D eigenvalue weighted by Crippen LogP contribution is -2.46. The van der Waals surface area contributed by atoms with Gasteiger partial charge in [-0.1, -0.05) is 29.7 Å². The highest BCUT2D eigenvalue weighted by Crippen LogP contribution is 2.23. The molecule has 0 N–H and O–H groups in total. The normalized spacial score (nSPS) is 15.1. The molecule has 0 unspecified atom stereocenters. The number of nitriles is 1. The van der Waals surface area contributed by atoms with Crippen molar-refractivity contribution in [2.75, 3.05) is 19.6 Å². The molecule has 1 saturated heterocycles. The summed E-state index contributed by atoms with van der Waals surface area (Å²) in [6, 6.07) is 16.4. The Bertz CT molecular complexity index is 1200. The van der Waals surface area contributed by atoms with Gasteiger partial charge in [-0.15, -0.1) is 5.73 Å². The van der Waals surface area contributed by atoms with E-state index in [1.807, 2.05) is 23.1 Å². The summed E-state index contributed by atoms with van der Waals surface area (Å²) in [6.07, 6.45) is 4.75. The summed E-state index contributed by atoms with van der Waals surface area (Å²) in [5.41, 5.74) is 7.10. The molecule has 0 radical (unpaired) electrons. The molecule has 0 aromatic heterocycles. The van der Waals surface area contributed by atoms with Crippen LogP contribution in [-0.4, -0.2) is 35.3 Å². The number of rotatable bonds is 1. The van der Waals surface area contributed by atoms with Gasteiger partial charge in [-0.05, 0) is 60.9 Å². The third-order valence-corrected chi connectivity index (χ3v) is 5.17. The van der Waals surface area contributed by atoms with Gasteiger partial charge in [-0.25, -0.2) is 0 Å². The molecular weight excluding hydrogens is 394 g/mol. The summed E-state index contributed by atoms with van der Waals surface area (Å²) >= 11 is 6.04. The lowest BCUT2D eigenvalue weighted by atomic mass is 10.1. The van der Waals surface area contributed by atoms with E-state index in [4.69, 9.17) is 16.9 Å². The molecule has 2 aliphatic rings. The number of allylic oxidation sites excluding steroid dienone is 2. The number of halogens is 1. The Balaban J connectivity index is 1.53. The van der Waals surface area contributed by atoms with Gasteiger partial charge in [0.25, 0.3) is 5.91 Å². The van der Waals surface area contributed by atoms with E-state index < -0.39 is 0 Å². The van der Waals surface area contributed by atoms with Gasteiger partial charge >= 0.3 is 0 Å². The van der Waals surface area contributed by atoms with Crippen LogP contribution in [0.25, 0.3) is 0 Å². The highest BCUT2D eigenvalue weighted by atomic mass is 35.5. The van der Waals surface area contributed by atoms with Gasteiger partial charge in [0.05, 0.1) is 29.6 Å². The summed E-state index contributed by atoms with van der Waals surface area (Å²) in [6.45, 7) is 1.69. The first-order valence-electron chi connectivity index (χ1n) is 9.63. The van der Waals surface area contributed by atoms with Crippen LogP contribution < -0.4 is 0 Å². The van der Waals surface area contributed by atoms with E-state index in [-0.39, 0.29) is 5.91 Å². The third kappa shape index (κ3) is 4.32. The van der Waals surface area contributed by atoms with Crippen molar-refractivity contribution in [1.82, 2.24) is 9.80 Å². The van der Waals surface area contributed by atoms with Gasteiger partial charge in [0, 0.05) is 29.2 Å². The van der Waals surface area contributed by atoms with Crippen molar-refractivity contribution in [2.24, 2.45) is 0 Å². The van der Waals surface area contributed by atoms with E-state index in [0.29, 0.717) is 35.8 Å². The predicted octanol–water partition coefficient (Wildman–Crippen LogP) is 4.35. The number of hydrogen-bond acceptors (Lipinski definition) is 3. The van der Waals surface area contributed by atoms with Gasteiger partial charge in [-0.2, -0.15) is 5.26 Å². The Kier molecular flexibility index (Phi) is 5.73. The predicted molar refractivity (Wildman–Crippen MR) is 116 cm³/mol. The van der Waals surface area contributed by atoms with Crippen LogP contribution in [0.1, 0.15) is 27.9 Å². The first kappa shape index (κ1) is 19.6. The van der Waals surface area contributed by atoms with Crippen molar-refractivity contribution in [3.05, 3.63) is 99.5 Å². The van der Waals surface area contributed by atoms with Crippen LogP contribution in [0, 0.1) is 23.2 Å². The Labute approximate surface area is 181 Å². The second-order valence-corrected chi connectivity index (χ2v) is 7.39. The Hall–Kier alpha value is -3.69. The minimum atomic E-state index is -0.0411. The Morgan fingerprint density at radius 1 is 1.07 bits per heavy atom. The van der Waals surface area contributed by atoms with Crippen molar-refractivity contribution in [2.45, 2.75) is 6.42 Å². The summed E-state index contributed by atoms with van der Waals surface area (Å²) in [5, 5.41) is 9.61. The SMILES string of the molecule is N#Cc1cccc(C#CC2=CCC=C=C3CN(C(=O)c4cccc(Cl)c4)CCN32)c1. The first-order valence-corrected chi connectivity index (χ1v) is 10.0. The molecule has 0 saturated carbocycles. The number of hydrogen-bond donors (Lipinski definition) is 0. The summed E-state index contributed by atoms with van der Waals surface area (Å²) in [7, 11) is 0. The van der Waals surface area contributed by atoms with Crippen molar-refractivity contribution >= 4 is 17.5 Å². The molecule has 0 atom stereocenters. The van der Waals surface area contributed by atoms with Crippen LogP contribution in [0.4, 0.5) is 0 Å². The maximum absolute atomic E-state index is 12.9. The molecule has 1 fully saturated rings. The highest BCUT2D eigenvalue weighted by Gasteiger charge is 2.27. The molecule has 30 heavy (non-hydrogen) atoms. The fraction of sp³-hybridized carbons (Fsp3) is 0.160. The van der Waals surface area contributed by atoms with Gasteiger partial charge in [0.1, 0.15) is 0 Å². The van der Waals surface area contributed by atoms with Crippen LogP contribution in [0.2, 0.25) is 5.02 Å². The van der Waals surface area contributed by atoms with Crippen molar-refractivity contribution < 1.29 is 4.79 Å². The molecule has 4 nitrogen and oxygen atoms in total. The lowest BCUT2D eigenvalue weighted by molar-refractivity contribution is 0.0718. The first-order chi connectivity index (χ1) is 14.6. The van der Waals surface area contributed by atoms with Gasteiger partial charge in [-0.3, -0.25) is 4.79 Å². The maximum atomic E-state index is 12.9. The number of carbonyl (C=O) groups is 1. The largest absolute Gasteiger partial charge is 0.330 e. The van der Waals surface area contributed by atoms with Crippen LogP contribution in [-0.2, 0) is 0 Å². The van der Waals surface area contributed by atoms with E-state index >= 15 is 0 Å². The minimum absolute atomic E-state index is 0.0411. The summed E-state index contributed by atoms with van der Waals surface area (Å²) < 4.78 is 0. The van der Waals surface area contributed by atoms with E-state index in [0.717, 1.165) is 23.4 Å². The smallest absolute Gasteiger partial charge is 0.254 e. The molecule has 0 bridgehead atoms. The van der Waals surface area contributed by atoms with E-state index in [1.54, 1.807) is 36.4 Å². The standard InChI is InChI=1S/C25H18ClN3O/c26-22-8-4-7-21(16-22)25(30)28-13-14-29-23(9-1-2-10-24(29)18-28)12-11-19-5-3-6-20(15-19)17-27/h2-9,15-16H,1,13-14,18H2. The van der Waals surface area contributed by atoms with Crippen LogP contribution in [0.5, 0.6) is 0 Å². The number of nitrogens with zero attached hydrogens (tertiary/aromatic N) is 3. The van der Waals surface area contributed by atoms with E-state index in [9.17, 15) is 4.79 Å². The molecule has 0 spiro atoms. The van der Waals surface area contributed by atoms with Crippen molar-refractivity contribution in [3.8, 4) is 17.9 Å². The number of carbonyl (C=O) groups excluding carboxylic acids is 1. The molecular formula is C25H18ClN3O. The van der Waals surface area contributed by atoms with E-state index in [2.05, 4.69) is 34.6 Å². The Morgan fingerprint density at radius 2 is 1.90 bits per heavy atom. The molecule has 4 rings (SSSR count). The number of fused-ring (bicyclic) bond motifs is 1. The number of benzene rings is 2. The summed E-state index contributed by atoms with van der Waals surface area (Å²) in [5.74, 6) is 6.35. The van der Waals surface area contributed by atoms with Crippen molar-refractivity contribution in [3.63, 3.8) is 0 Å². The molecule has 2 aromatic carbocycles. The highest BCUT2D eigenvalue weighted by molar-refractivity contribution is 6.30. The molecule has 2 heterocycles. The second-order valence-electron chi connectivity index (χ2n) is 6.95.